The van der Waals surface area contributed by atoms with E-state index in [1.165, 1.54) is 11.1 Å². The van der Waals surface area contributed by atoms with E-state index in [0.29, 0.717) is 16.9 Å². The van der Waals surface area contributed by atoms with Gasteiger partial charge in [-0.3, -0.25) is 19.6 Å². The van der Waals surface area contributed by atoms with Crippen molar-refractivity contribution in [3.05, 3.63) is 47.3 Å². The number of aromatic amines is 1. The Morgan fingerprint density at radius 1 is 1.19 bits per heavy atom. The van der Waals surface area contributed by atoms with E-state index in [1.807, 2.05) is 24.3 Å². The SMILES string of the molecule is Cc1[nH]ncc1C(C(=O)NC1CCC(F)(F)CC1)N(C(=O)[C@H]1C[C@@H](O)CN1)c1ccc(C(C)(C)C)cc1. The monoisotopic (exact) mass is 517 g/mol. The maximum Gasteiger partial charge on any atom is 0.248 e. The van der Waals surface area contributed by atoms with Gasteiger partial charge in [0.05, 0.1) is 18.3 Å². The highest BCUT2D eigenvalue weighted by Gasteiger charge is 2.41. The summed E-state index contributed by atoms with van der Waals surface area (Å²) in [6, 6.07) is 5.36. The number of nitrogens with zero attached hydrogens (tertiary/aromatic N) is 2. The van der Waals surface area contributed by atoms with Crippen molar-refractivity contribution < 1.29 is 23.5 Å². The number of anilines is 1. The fourth-order valence-electron chi connectivity index (χ4n) is 5.10. The molecule has 1 aromatic carbocycles. The standard InChI is InChI=1S/C27H37F2N5O3/c1-16-21(15-31-33-16)23(24(36)32-18-9-11-27(28,29)12-10-18)34(25(37)22-13-20(35)14-30-22)19-7-5-17(6-8-19)26(2,3)4/h5-8,15,18,20,22-23,30,35H,9-14H2,1-4H3,(H,31,33)(H,32,36)/t20-,22-,23?/m1/s1. The predicted molar refractivity (Wildman–Crippen MR) is 136 cm³/mol. The molecule has 2 amide bonds. The van der Waals surface area contributed by atoms with Crippen LogP contribution in [0.25, 0.3) is 0 Å². The number of aliphatic hydroxyl groups is 1. The number of halogens is 2. The second-order valence-corrected chi connectivity index (χ2v) is 11.3. The maximum absolute atomic E-state index is 13.9. The number of aromatic nitrogens is 2. The van der Waals surface area contributed by atoms with Gasteiger partial charge in [0.2, 0.25) is 17.7 Å². The lowest BCUT2D eigenvalue weighted by Crippen LogP contribution is -2.52. The molecule has 2 aromatic rings. The number of benzene rings is 1. The van der Waals surface area contributed by atoms with Crippen LogP contribution in [0.3, 0.4) is 0 Å². The van der Waals surface area contributed by atoms with Crippen molar-refractivity contribution in [2.45, 2.75) is 95.4 Å². The number of amides is 2. The number of rotatable bonds is 6. The summed E-state index contributed by atoms with van der Waals surface area (Å²) in [5.41, 5.74) is 2.63. The summed E-state index contributed by atoms with van der Waals surface area (Å²) in [5.74, 6) is -3.52. The zero-order valence-electron chi connectivity index (χ0n) is 21.9. The average Bonchev–Trinajstić information content (AvgIpc) is 3.46. The Balaban J connectivity index is 1.72. The molecule has 202 valence electrons. The van der Waals surface area contributed by atoms with Crippen molar-refractivity contribution in [3.8, 4) is 0 Å². The van der Waals surface area contributed by atoms with Crippen LogP contribution in [0, 0.1) is 6.92 Å². The second-order valence-electron chi connectivity index (χ2n) is 11.3. The molecule has 1 aliphatic carbocycles. The lowest BCUT2D eigenvalue weighted by molar-refractivity contribution is -0.128. The molecule has 1 aliphatic heterocycles. The summed E-state index contributed by atoms with van der Waals surface area (Å²) in [5, 5.41) is 23.0. The molecule has 2 fully saturated rings. The Hall–Kier alpha value is -2.85. The molecule has 1 aromatic heterocycles. The van der Waals surface area contributed by atoms with Crippen LogP contribution in [0.15, 0.2) is 30.5 Å². The number of aliphatic hydroxyl groups excluding tert-OH is 1. The van der Waals surface area contributed by atoms with E-state index in [4.69, 9.17) is 0 Å². The predicted octanol–water partition coefficient (Wildman–Crippen LogP) is 3.51. The largest absolute Gasteiger partial charge is 0.392 e. The molecule has 1 saturated heterocycles. The van der Waals surface area contributed by atoms with E-state index in [0.717, 1.165) is 5.56 Å². The first-order valence-electron chi connectivity index (χ1n) is 12.9. The molecule has 0 spiro atoms. The zero-order chi connectivity index (χ0) is 27.0. The van der Waals surface area contributed by atoms with Crippen LogP contribution < -0.4 is 15.5 Å². The molecule has 0 radical (unpaired) electrons. The van der Waals surface area contributed by atoms with E-state index < -0.39 is 36.1 Å². The quantitative estimate of drug-likeness (QED) is 0.469. The van der Waals surface area contributed by atoms with E-state index in [9.17, 15) is 23.5 Å². The minimum absolute atomic E-state index is 0.106. The number of nitrogens with one attached hydrogen (secondary N) is 3. The van der Waals surface area contributed by atoms with Crippen molar-refractivity contribution in [1.82, 2.24) is 20.8 Å². The van der Waals surface area contributed by atoms with Gasteiger partial charge in [0.25, 0.3) is 0 Å². The van der Waals surface area contributed by atoms with E-state index in [1.54, 1.807) is 6.92 Å². The highest BCUT2D eigenvalue weighted by molar-refractivity contribution is 6.04. The van der Waals surface area contributed by atoms with Gasteiger partial charge in [-0.25, -0.2) is 8.78 Å². The van der Waals surface area contributed by atoms with Crippen LogP contribution in [-0.2, 0) is 15.0 Å². The van der Waals surface area contributed by atoms with Crippen LogP contribution in [0.4, 0.5) is 14.5 Å². The molecular formula is C27H37F2N5O3. The van der Waals surface area contributed by atoms with Crippen LogP contribution >= 0.6 is 0 Å². The van der Waals surface area contributed by atoms with Gasteiger partial charge in [0, 0.05) is 42.4 Å². The molecule has 37 heavy (non-hydrogen) atoms. The van der Waals surface area contributed by atoms with Crippen LogP contribution in [-0.4, -0.2) is 57.8 Å². The number of carbonyl (C=O) groups excluding carboxylic acids is 2. The highest BCUT2D eigenvalue weighted by atomic mass is 19.3. The van der Waals surface area contributed by atoms with Gasteiger partial charge in [0.15, 0.2) is 0 Å². The van der Waals surface area contributed by atoms with Gasteiger partial charge in [-0.2, -0.15) is 5.10 Å². The highest BCUT2D eigenvalue weighted by Crippen LogP contribution is 2.35. The molecule has 4 N–H and O–H groups in total. The number of H-pyrrole nitrogens is 1. The van der Waals surface area contributed by atoms with Crippen molar-refractivity contribution in [2.75, 3.05) is 11.4 Å². The van der Waals surface area contributed by atoms with E-state index in [-0.39, 0.29) is 50.0 Å². The summed E-state index contributed by atoms with van der Waals surface area (Å²) in [7, 11) is 0. The van der Waals surface area contributed by atoms with E-state index in [2.05, 4.69) is 41.6 Å². The Labute approximate surface area is 216 Å². The molecule has 3 atom stereocenters. The van der Waals surface area contributed by atoms with Gasteiger partial charge in [-0.1, -0.05) is 32.9 Å². The fraction of sp³-hybridized carbons (Fsp3) is 0.593. The summed E-state index contributed by atoms with van der Waals surface area (Å²) in [4.78, 5) is 29.2. The topological polar surface area (TPSA) is 110 Å². The Kier molecular flexibility index (Phi) is 7.71. The Bertz CT molecular complexity index is 1100. The summed E-state index contributed by atoms with van der Waals surface area (Å²) in [6.45, 7) is 8.33. The summed E-state index contributed by atoms with van der Waals surface area (Å²) in [6.07, 6.45) is 0.857. The van der Waals surface area contributed by atoms with Crippen molar-refractivity contribution in [1.29, 1.82) is 0 Å². The zero-order valence-corrected chi connectivity index (χ0v) is 21.9. The third kappa shape index (κ3) is 6.18. The minimum atomic E-state index is -2.71. The molecule has 2 aliphatic rings. The first-order chi connectivity index (χ1) is 17.4. The van der Waals surface area contributed by atoms with Crippen molar-refractivity contribution in [3.63, 3.8) is 0 Å². The van der Waals surface area contributed by atoms with Crippen LogP contribution in [0.2, 0.25) is 0 Å². The second kappa shape index (κ2) is 10.5. The minimum Gasteiger partial charge on any atom is -0.392 e. The molecular weight excluding hydrogens is 480 g/mol. The lowest BCUT2D eigenvalue weighted by atomic mass is 9.87. The molecule has 10 heteroatoms. The van der Waals surface area contributed by atoms with Gasteiger partial charge >= 0.3 is 0 Å². The number of aryl methyl sites for hydroxylation is 1. The summed E-state index contributed by atoms with van der Waals surface area (Å²) < 4.78 is 27.4. The normalized spacial score (nSPS) is 23.0. The third-order valence-electron chi connectivity index (χ3n) is 7.39. The lowest BCUT2D eigenvalue weighted by Gasteiger charge is -2.35. The fourth-order valence-corrected chi connectivity index (χ4v) is 5.10. The van der Waals surface area contributed by atoms with E-state index >= 15 is 0 Å². The van der Waals surface area contributed by atoms with Gasteiger partial charge in [0.1, 0.15) is 6.04 Å². The Morgan fingerprint density at radius 2 is 1.84 bits per heavy atom. The molecule has 2 heterocycles. The molecule has 0 bridgehead atoms. The number of β-amino-alcohol motifs (C(OH)–C–C–N with tert-alkyl or cyclic N) is 1. The van der Waals surface area contributed by atoms with Gasteiger partial charge in [-0.15, -0.1) is 0 Å². The van der Waals surface area contributed by atoms with Gasteiger partial charge < -0.3 is 15.7 Å². The number of hydrogen-bond donors (Lipinski definition) is 4. The maximum atomic E-state index is 13.9. The number of hydrogen-bond acceptors (Lipinski definition) is 5. The van der Waals surface area contributed by atoms with Crippen molar-refractivity contribution >= 4 is 17.5 Å². The summed E-state index contributed by atoms with van der Waals surface area (Å²) >= 11 is 0. The Morgan fingerprint density at radius 3 is 2.35 bits per heavy atom. The number of carbonyl (C=O) groups is 2. The first kappa shape index (κ1) is 27.2. The smallest absolute Gasteiger partial charge is 0.248 e. The number of alkyl halides is 2. The molecule has 4 rings (SSSR count). The molecule has 1 unspecified atom stereocenters. The molecule has 1 saturated carbocycles. The first-order valence-corrected chi connectivity index (χ1v) is 12.9. The van der Waals surface area contributed by atoms with Crippen LogP contribution in [0.5, 0.6) is 0 Å². The average molecular weight is 518 g/mol. The van der Waals surface area contributed by atoms with Gasteiger partial charge in [-0.05, 0) is 49.3 Å². The molecule has 8 nitrogen and oxygen atoms in total. The third-order valence-corrected chi connectivity index (χ3v) is 7.39. The van der Waals surface area contributed by atoms with Crippen molar-refractivity contribution in [2.24, 2.45) is 0 Å². The van der Waals surface area contributed by atoms with Crippen LogP contribution in [0.1, 0.15) is 75.7 Å².